The van der Waals surface area contributed by atoms with Gasteiger partial charge in [-0.3, -0.25) is 4.68 Å². The molecule has 0 aromatic carbocycles. The van der Waals surface area contributed by atoms with Gasteiger partial charge in [0.1, 0.15) is 0 Å². The molecule has 0 unspecified atom stereocenters. The van der Waals surface area contributed by atoms with E-state index in [4.69, 9.17) is 4.74 Å². The number of carbonyl (C=O) groups is 1. The Kier molecular flexibility index (Phi) is 4.79. The van der Waals surface area contributed by atoms with Crippen LogP contribution in [0.1, 0.15) is 30.0 Å². The van der Waals surface area contributed by atoms with Crippen molar-refractivity contribution in [3.05, 3.63) is 11.4 Å². The second-order valence-corrected chi connectivity index (χ2v) is 3.70. The van der Waals surface area contributed by atoms with Gasteiger partial charge in [0.25, 0.3) is 0 Å². The highest BCUT2D eigenvalue weighted by Crippen LogP contribution is 2.26. The van der Waals surface area contributed by atoms with Gasteiger partial charge in [0, 0.05) is 6.54 Å². The maximum absolute atomic E-state index is 12.2. The lowest BCUT2D eigenvalue weighted by Gasteiger charge is -2.09. The van der Waals surface area contributed by atoms with Gasteiger partial charge in [-0.2, -0.15) is 18.3 Å². The molecule has 19 heavy (non-hydrogen) atoms. The molecule has 0 saturated carbocycles. The first-order chi connectivity index (χ1) is 8.80. The molecule has 1 aromatic heterocycles. The first-order valence-corrected chi connectivity index (χ1v) is 5.74. The third-order valence-electron chi connectivity index (χ3n) is 2.30. The van der Waals surface area contributed by atoms with E-state index in [9.17, 15) is 18.0 Å². The number of aromatic nitrogens is 2. The maximum atomic E-state index is 12.2. The van der Waals surface area contributed by atoms with E-state index in [2.05, 4.69) is 9.84 Å². The van der Waals surface area contributed by atoms with Crippen LogP contribution in [0.2, 0.25) is 0 Å². The topological polar surface area (TPSA) is 53.3 Å². The molecule has 0 radical (unpaired) electrons. The van der Waals surface area contributed by atoms with Crippen molar-refractivity contribution in [2.24, 2.45) is 0 Å². The maximum Gasteiger partial charge on any atom is 0.422 e. The van der Waals surface area contributed by atoms with E-state index in [1.165, 1.54) is 11.6 Å². The van der Waals surface area contributed by atoms with Gasteiger partial charge in [-0.15, -0.1) is 0 Å². The number of rotatable bonds is 5. The summed E-state index contributed by atoms with van der Waals surface area (Å²) < 4.78 is 47.3. The predicted molar refractivity (Wildman–Crippen MR) is 60.1 cm³/mol. The van der Waals surface area contributed by atoms with Crippen LogP contribution in [0, 0.1) is 6.92 Å². The highest BCUT2D eigenvalue weighted by molar-refractivity contribution is 5.90. The van der Waals surface area contributed by atoms with Crippen molar-refractivity contribution in [2.45, 2.75) is 33.5 Å². The number of ether oxygens (including phenoxy) is 2. The normalized spacial score (nSPS) is 11.5. The third kappa shape index (κ3) is 3.87. The standard InChI is InChI=1S/C11H15F3N2O3/c1-4-16-7(3)9(19-6-11(12,13)14)8(15-16)10(17)18-5-2/h4-6H2,1-3H3. The summed E-state index contributed by atoms with van der Waals surface area (Å²) in [6, 6.07) is 0. The molecule has 0 bridgehead atoms. The van der Waals surface area contributed by atoms with Crippen LogP contribution >= 0.6 is 0 Å². The van der Waals surface area contributed by atoms with E-state index in [1.54, 1.807) is 13.8 Å². The Morgan fingerprint density at radius 1 is 1.37 bits per heavy atom. The lowest BCUT2D eigenvalue weighted by atomic mass is 10.3. The van der Waals surface area contributed by atoms with Crippen molar-refractivity contribution < 1.29 is 27.4 Å². The SMILES string of the molecule is CCOC(=O)c1nn(CC)c(C)c1OCC(F)(F)F. The van der Waals surface area contributed by atoms with Crippen LogP contribution in [-0.2, 0) is 11.3 Å². The van der Waals surface area contributed by atoms with Crippen LogP contribution in [0.5, 0.6) is 5.75 Å². The zero-order chi connectivity index (χ0) is 14.6. The summed E-state index contributed by atoms with van der Waals surface area (Å²) in [6.45, 7) is 3.92. The van der Waals surface area contributed by atoms with Crippen LogP contribution in [0.25, 0.3) is 0 Å². The lowest BCUT2D eigenvalue weighted by molar-refractivity contribution is -0.153. The summed E-state index contributed by atoms with van der Waals surface area (Å²) in [5.74, 6) is -0.979. The summed E-state index contributed by atoms with van der Waals surface area (Å²) >= 11 is 0. The zero-order valence-electron chi connectivity index (χ0n) is 10.9. The van der Waals surface area contributed by atoms with Crippen molar-refractivity contribution in [3.8, 4) is 5.75 Å². The average molecular weight is 280 g/mol. The van der Waals surface area contributed by atoms with Crippen LogP contribution < -0.4 is 4.74 Å². The number of halogens is 3. The van der Waals surface area contributed by atoms with E-state index < -0.39 is 18.8 Å². The van der Waals surface area contributed by atoms with E-state index in [0.29, 0.717) is 12.2 Å². The molecule has 108 valence electrons. The second-order valence-electron chi connectivity index (χ2n) is 3.70. The average Bonchev–Trinajstić information content (AvgIpc) is 2.63. The quantitative estimate of drug-likeness (QED) is 0.777. The van der Waals surface area contributed by atoms with Gasteiger partial charge in [0.05, 0.1) is 12.3 Å². The molecule has 0 amide bonds. The van der Waals surface area contributed by atoms with E-state index in [0.717, 1.165) is 0 Å². The number of alkyl halides is 3. The van der Waals surface area contributed by atoms with Gasteiger partial charge in [-0.1, -0.05) is 0 Å². The number of hydrogen-bond acceptors (Lipinski definition) is 4. The summed E-state index contributed by atoms with van der Waals surface area (Å²) in [5, 5.41) is 3.90. The first-order valence-electron chi connectivity index (χ1n) is 5.74. The summed E-state index contributed by atoms with van der Waals surface area (Å²) in [7, 11) is 0. The molecule has 0 atom stereocenters. The van der Waals surface area contributed by atoms with Crippen LogP contribution in [0.3, 0.4) is 0 Å². The Labute approximate surface area is 108 Å². The van der Waals surface area contributed by atoms with Gasteiger partial charge in [0.15, 0.2) is 12.4 Å². The Morgan fingerprint density at radius 3 is 2.47 bits per heavy atom. The van der Waals surface area contributed by atoms with E-state index in [-0.39, 0.29) is 18.1 Å². The number of esters is 1. The van der Waals surface area contributed by atoms with Crippen LogP contribution in [0.4, 0.5) is 13.2 Å². The fourth-order valence-corrected chi connectivity index (χ4v) is 1.50. The fraction of sp³-hybridized carbons (Fsp3) is 0.636. The van der Waals surface area contributed by atoms with E-state index >= 15 is 0 Å². The highest BCUT2D eigenvalue weighted by Gasteiger charge is 2.31. The monoisotopic (exact) mass is 280 g/mol. The van der Waals surface area contributed by atoms with E-state index in [1.807, 2.05) is 0 Å². The smallest absolute Gasteiger partial charge is 0.422 e. The minimum Gasteiger partial charge on any atom is -0.480 e. The summed E-state index contributed by atoms with van der Waals surface area (Å²) in [6.07, 6.45) is -4.48. The molecule has 0 fully saturated rings. The summed E-state index contributed by atoms with van der Waals surface area (Å²) in [5.41, 5.74) is 0.125. The molecule has 0 N–H and O–H groups in total. The minimum absolute atomic E-state index is 0.107. The zero-order valence-corrected chi connectivity index (χ0v) is 10.9. The van der Waals surface area contributed by atoms with Crippen molar-refractivity contribution in [1.82, 2.24) is 9.78 Å². The number of carbonyl (C=O) groups excluding carboxylic acids is 1. The molecule has 1 aromatic rings. The van der Waals surface area contributed by atoms with Crippen molar-refractivity contribution in [1.29, 1.82) is 0 Å². The Balaban J connectivity index is 3.05. The predicted octanol–water partition coefficient (Wildman–Crippen LogP) is 2.33. The van der Waals surface area contributed by atoms with Crippen LogP contribution in [-0.4, -0.2) is 35.1 Å². The minimum atomic E-state index is -4.48. The molecule has 1 rings (SSSR count). The Morgan fingerprint density at radius 2 is 2.00 bits per heavy atom. The fourth-order valence-electron chi connectivity index (χ4n) is 1.50. The van der Waals surface area contributed by atoms with Gasteiger partial charge < -0.3 is 9.47 Å². The molecule has 0 aliphatic carbocycles. The molecule has 0 spiro atoms. The largest absolute Gasteiger partial charge is 0.480 e. The van der Waals surface area contributed by atoms with Gasteiger partial charge in [-0.25, -0.2) is 4.79 Å². The van der Waals surface area contributed by atoms with Gasteiger partial charge in [-0.05, 0) is 20.8 Å². The van der Waals surface area contributed by atoms with Crippen molar-refractivity contribution >= 4 is 5.97 Å². The second kappa shape index (κ2) is 5.94. The van der Waals surface area contributed by atoms with Gasteiger partial charge >= 0.3 is 12.1 Å². The molecule has 0 aliphatic heterocycles. The number of nitrogens with zero attached hydrogens (tertiary/aromatic N) is 2. The van der Waals surface area contributed by atoms with Crippen molar-refractivity contribution in [2.75, 3.05) is 13.2 Å². The highest BCUT2D eigenvalue weighted by atomic mass is 19.4. The molecule has 1 heterocycles. The first kappa shape index (κ1) is 15.3. The molecular weight excluding hydrogens is 265 g/mol. The molecule has 0 saturated heterocycles. The number of hydrogen-bond donors (Lipinski definition) is 0. The van der Waals surface area contributed by atoms with Crippen LogP contribution in [0.15, 0.2) is 0 Å². The number of aryl methyl sites for hydroxylation is 1. The third-order valence-corrected chi connectivity index (χ3v) is 2.30. The molecule has 8 heteroatoms. The van der Waals surface area contributed by atoms with Crippen molar-refractivity contribution in [3.63, 3.8) is 0 Å². The molecule has 5 nitrogen and oxygen atoms in total. The van der Waals surface area contributed by atoms with Gasteiger partial charge in [0.2, 0.25) is 5.69 Å². The molecular formula is C11H15F3N2O3. The Bertz CT molecular complexity index is 455. The molecule has 0 aliphatic rings. The lowest BCUT2D eigenvalue weighted by Crippen LogP contribution is -2.20. The summed E-state index contributed by atoms with van der Waals surface area (Å²) in [4.78, 5) is 11.6. The Hall–Kier alpha value is -1.73.